The molecule has 2 N–H and O–H groups in total. The minimum Gasteiger partial charge on any atom is -0.481 e. The molecule has 1 rings (SSSR count). The molecule has 0 heterocycles. The molecule has 0 aliphatic carbocycles. The zero-order valence-electron chi connectivity index (χ0n) is 8.00. The van der Waals surface area contributed by atoms with Gasteiger partial charge in [-0.05, 0) is 19.1 Å². The van der Waals surface area contributed by atoms with Crippen LogP contribution >= 0.6 is 11.6 Å². The lowest BCUT2D eigenvalue weighted by molar-refractivity contribution is -0.142. The third-order valence-corrected chi connectivity index (χ3v) is 2.32. The molecule has 0 amide bonds. The zero-order valence-corrected chi connectivity index (χ0v) is 8.75. The van der Waals surface area contributed by atoms with Gasteiger partial charge in [-0.15, -0.1) is 0 Å². The molecule has 0 fully saturated rings. The number of benzene rings is 1. The van der Waals surface area contributed by atoms with Crippen molar-refractivity contribution in [3.63, 3.8) is 0 Å². The molecule has 1 aromatic rings. The SMILES string of the molecule is CC(O)(CC(=O)O)c1ccc(F)cc1Cl. The van der Waals surface area contributed by atoms with E-state index in [0.29, 0.717) is 0 Å². The zero-order chi connectivity index (χ0) is 11.6. The molecule has 0 saturated heterocycles. The van der Waals surface area contributed by atoms with Crippen LogP contribution in [-0.2, 0) is 10.4 Å². The Morgan fingerprint density at radius 3 is 2.67 bits per heavy atom. The Balaban J connectivity index is 3.09. The summed E-state index contributed by atoms with van der Waals surface area (Å²) in [6, 6.07) is 3.44. The second-order valence-electron chi connectivity index (χ2n) is 3.47. The quantitative estimate of drug-likeness (QED) is 0.840. The van der Waals surface area contributed by atoms with Gasteiger partial charge >= 0.3 is 5.97 Å². The first-order valence-electron chi connectivity index (χ1n) is 4.22. The predicted octanol–water partition coefficient (Wildman–Crippen LogP) is 2.16. The minimum absolute atomic E-state index is 0.0150. The van der Waals surface area contributed by atoms with Crippen LogP contribution in [0.4, 0.5) is 4.39 Å². The van der Waals surface area contributed by atoms with Crippen molar-refractivity contribution in [3.05, 3.63) is 34.6 Å². The number of aliphatic carboxylic acids is 1. The summed E-state index contributed by atoms with van der Waals surface area (Å²) in [5, 5.41) is 18.4. The van der Waals surface area contributed by atoms with Crippen LogP contribution in [-0.4, -0.2) is 16.2 Å². The number of carboxylic acid groups (broad SMARTS) is 1. The van der Waals surface area contributed by atoms with E-state index in [1.165, 1.54) is 13.0 Å². The van der Waals surface area contributed by atoms with Gasteiger partial charge in [-0.25, -0.2) is 4.39 Å². The van der Waals surface area contributed by atoms with E-state index < -0.39 is 23.8 Å². The molecule has 15 heavy (non-hydrogen) atoms. The Morgan fingerprint density at radius 2 is 2.20 bits per heavy atom. The number of halogens is 2. The van der Waals surface area contributed by atoms with Crippen molar-refractivity contribution in [2.45, 2.75) is 18.9 Å². The first kappa shape index (κ1) is 11.9. The van der Waals surface area contributed by atoms with Gasteiger partial charge in [0.2, 0.25) is 0 Å². The van der Waals surface area contributed by atoms with Crippen molar-refractivity contribution in [2.24, 2.45) is 0 Å². The summed E-state index contributed by atoms with van der Waals surface area (Å²) in [4.78, 5) is 10.5. The normalized spacial score (nSPS) is 14.7. The number of carboxylic acids is 1. The van der Waals surface area contributed by atoms with E-state index in [4.69, 9.17) is 16.7 Å². The summed E-state index contributed by atoms with van der Waals surface area (Å²) in [5.74, 6) is -1.68. The first-order chi connectivity index (χ1) is 6.83. The summed E-state index contributed by atoms with van der Waals surface area (Å²) < 4.78 is 12.7. The van der Waals surface area contributed by atoms with Crippen LogP contribution in [0.25, 0.3) is 0 Å². The molecule has 0 radical (unpaired) electrons. The van der Waals surface area contributed by atoms with Crippen molar-refractivity contribution in [1.29, 1.82) is 0 Å². The minimum atomic E-state index is -1.60. The number of hydrogen-bond acceptors (Lipinski definition) is 2. The smallest absolute Gasteiger partial charge is 0.306 e. The van der Waals surface area contributed by atoms with Gasteiger partial charge in [-0.1, -0.05) is 17.7 Å². The molecule has 0 saturated carbocycles. The number of rotatable bonds is 3. The maximum atomic E-state index is 12.7. The molecule has 0 spiro atoms. The largest absolute Gasteiger partial charge is 0.481 e. The van der Waals surface area contributed by atoms with Crippen LogP contribution in [0, 0.1) is 5.82 Å². The van der Waals surface area contributed by atoms with E-state index in [9.17, 15) is 14.3 Å². The fourth-order valence-corrected chi connectivity index (χ4v) is 1.69. The summed E-state index contributed by atoms with van der Waals surface area (Å²) in [5.41, 5.74) is -1.40. The van der Waals surface area contributed by atoms with Crippen LogP contribution in [0.3, 0.4) is 0 Å². The Hall–Kier alpha value is -1.13. The Kier molecular flexibility index (Phi) is 3.31. The Morgan fingerprint density at radius 1 is 1.60 bits per heavy atom. The van der Waals surface area contributed by atoms with E-state index in [0.717, 1.165) is 12.1 Å². The summed E-state index contributed by atoms with van der Waals surface area (Å²) in [6.45, 7) is 1.32. The number of aliphatic hydroxyl groups is 1. The molecule has 5 heteroatoms. The molecule has 0 bridgehead atoms. The van der Waals surface area contributed by atoms with Crippen molar-refractivity contribution >= 4 is 17.6 Å². The van der Waals surface area contributed by atoms with Crippen LogP contribution in [0.5, 0.6) is 0 Å². The van der Waals surface area contributed by atoms with Gasteiger partial charge in [0.05, 0.1) is 12.0 Å². The van der Waals surface area contributed by atoms with Crippen molar-refractivity contribution in [1.82, 2.24) is 0 Å². The molecule has 82 valence electrons. The third kappa shape index (κ3) is 2.91. The van der Waals surface area contributed by atoms with Crippen LogP contribution in [0.2, 0.25) is 5.02 Å². The maximum Gasteiger partial charge on any atom is 0.306 e. The molecular weight excluding hydrogens is 223 g/mol. The standard InChI is InChI=1S/C10H10ClFO3/c1-10(15,5-9(13)14)7-3-2-6(12)4-8(7)11/h2-4,15H,5H2,1H3,(H,13,14). The van der Waals surface area contributed by atoms with Crippen LogP contribution < -0.4 is 0 Å². The molecule has 3 nitrogen and oxygen atoms in total. The average Bonchev–Trinajstić information content (AvgIpc) is 1.99. The Bertz CT molecular complexity index is 390. The second-order valence-corrected chi connectivity index (χ2v) is 3.88. The molecule has 1 unspecified atom stereocenters. The predicted molar refractivity (Wildman–Crippen MR) is 53.2 cm³/mol. The van der Waals surface area contributed by atoms with E-state index in [1.54, 1.807) is 0 Å². The fourth-order valence-electron chi connectivity index (χ4n) is 1.32. The van der Waals surface area contributed by atoms with Crippen molar-refractivity contribution in [3.8, 4) is 0 Å². The van der Waals surface area contributed by atoms with Gasteiger partial charge in [-0.2, -0.15) is 0 Å². The third-order valence-electron chi connectivity index (χ3n) is 2.01. The van der Waals surface area contributed by atoms with E-state index in [-0.39, 0.29) is 10.6 Å². The molecule has 1 atom stereocenters. The van der Waals surface area contributed by atoms with E-state index in [1.807, 2.05) is 0 Å². The lowest BCUT2D eigenvalue weighted by atomic mass is 9.92. The Labute approximate surface area is 91.1 Å². The lowest BCUT2D eigenvalue weighted by Gasteiger charge is -2.22. The monoisotopic (exact) mass is 232 g/mol. The highest BCUT2D eigenvalue weighted by Gasteiger charge is 2.28. The highest BCUT2D eigenvalue weighted by molar-refractivity contribution is 6.31. The maximum absolute atomic E-state index is 12.7. The molecular formula is C10H10ClFO3. The van der Waals surface area contributed by atoms with Crippen LogP contribution in [0.1, 0.15) is 18.9 Å². The van der Waals surface area contributed by atoms with Gasteiger partial charge < -0.3 is 10.2 Å². The topological polar surface area (TPSA) is 57.5 Å². The summed E-state index contributed by atoms with van der Waals surface area (Å²) >= 11 is 5.70. The highest BCUT2D eigenvalue weighted by atomic mass is 35.5. The number of carbonyl (C=O) groups is 1. The first-order valence-corrected chi connectivity index (χ1v) is 4.60. The van der Waals surface area contributed by atoms with Gasteiger partial charge in [-0.3, -0.25) is 4.79 Å². The molecule has 0 aromatic heterocycles. The second kappa shape index (κ2) is 4.16. The van der Waals surface area contributed by atoms with Gasteiger partial charge in [0.15, 0.2) is 0 Å². The van der Waals surface area contributed by atoms with Crippen LogP contribution in [0.15, 0.2) is 18.2 Å². The highest BCUT2D eigenvalue weighted by Crippen LogP contribution is 2.31. The van der Waals surface area contributed by atoms with E-state index >= 15 is 0 Å². The molecule has 1 aromatic carbocycles. The van der Waals surface area contributed by atoms with Gasteiger partial charge in [0, 0.05) is 10.6 Å². The molecule has 0 aliphatic rings. The lowest BCUT2D eigenvalue weighted by Crippen LogP contribution is -2.25. The van der Waals surface area contributed by atoms with Gasteiger partial charge in [0.1, 0.15) is 5.82 Å². The summed E-state index contributed by atoms with van der Waals surface area (Å²) in [7, 11) is 0. The van der Waals surface area contributed by atoms with E-state index in [2.05, 4.69) is 0 Å². The fraction of sp³-hybridized carbons (Fsp3) is 0.300. The van der Waals surface area contributed by atoms with Gasteiger partial charge in [0.25, 0.3) is 0 Å². The van der Waals surface area contributed by atoms with Crippen molar-refractivity contribution in [2.75, 3.05) is 0 Å². The summed E-state index contributed by atoms with van der Waals surface area (Å²) in [6.07, 6.45) is -0.488. The van der Waals surface area contributed by atoms with Crippen molar-refractivity contribution < 1.29 is 19.4 Å². The average molecular weight is 233 g/mol. The number of hydrogen-bond donors (Lipinski definition) is 2. The molecule has 0 aliphatic heterocycles.